The van der Waals surface area contributed by atoms with Gasteiger partial charge in [-0.05, 0) is 49.3 Å². The van der Waals surface area contributed by atoms with Gasteiger partial charge in [0, 0.05) is 38.0 Å². The molecule has 0 spiro atoms. The maximum absolute atomic E-state index is 5.11. The fourth-order valence-corrected chi connectivity index (χ4v) is 3.09. The topological polar surface area (TPSA) is 34.1 Å². The average Bonchev–Trinajstić information content (AvgIpc) is 2.47. The second kappa shape index (κ2) is 7.01. The number of pyridine rings is 1. The van der Waals surface area contributed by atoms with Gasteiger partial charge in [-0.3, -0.25) is 4.98 Å². The van der Waals surface area contributed by atoms with Crippen LogP contribution >= 0.6 is 0 Å². The molecular formula is C16H26N2O. The van der Waals surface area contributed by atoms with Crippen molar-refractivity contribution in [1.29, 1.82) is 0 Å². The molecule has 1 saturated carbocycles. The van der Waals surface area contributed by atoms with E-state index in [0.717, 1.165) is 25.6 Å². The molecule has 1 aromatic heterocycles. The van der Waals surface area contributed by atoms with Gasteiger partial charge in [0.1, 0.15) is 0 Å². The van der Waals surface area contributed by atoms with E-state index in [9.17, 15) is 0 Å². The van der Waals surface area contributed by atoms with Crippen molar-refractivity contribution >= 4 is 0 Å². The first kappa shape index (κ1) is 14.5. The van der Waals surface area contributed by atoms with Gasteiger partial charge in [-0.15, -0.1) is 0 Å². The molecule has 1 N–H and O–H groups in total. The van der Waals surface area contributed by atoms with Crippen LogP contribution < -0.4 is 5.32 Å². The SMILES string of the molecule is COCCNCC1(c2ccncc2)CCC(C)CC1. The van der Waals surface area contributed by atoms with Crippen molar-refractivity contribution < 1.29 is 4.74 Å². The molecule has 19 heavy (non-hydrogen) atoms. The van der Waals surface area contributed by atoms with E-state index in [-0.39, 0.29) is 0 Å². The number of nitrogens with zero attached hydrogens (tertiary/aromatic N) is 1. The van der Waals surface area contributed by atoms with Crippen molar-refractivity contribution in [3.05, 3.63) is 30.1 Å². The molecular weight excluding hydrogens is 236 g/mol. The quantitative estimate of drug-likeness (QED) is 0.800. The van der Waals surface area contributed by atoms with Crippen LogP contribution in [0.3, 0.4) is 0 Å². The summed E-state index contributed by atoms with van der Waals surface area (Å²) in [5, 5.41) is 3.56. The zero-order chi connectivity index (χ0) is 13.6. The smallest absolute Gasteiger partial charge is 0.0587 e. The molecule has 3 heteroatoms. The molecule has 3 nitrogen and oxygen atoms in total. The van der Waals surface area contributed by atoms with E-state index < -0.39 is 0 Å². The van der Waals surface area contributed by atoms with E-state index >= 15 is 0 Å². The Kier molecular flexibility index (Phi) is 5.34. The summed E-state index contributed by atoms with van der Waals surface area (Å²) in [7, 11) is 1.75. The number of hydrogen-bond donors (Lipinski definition) is 1. The third kappa shape index (κ3) is 3.77. The van der Waals surface area contributed by atoms with Gasteiger partial charge in [-0.25, -0.2) is 0 Å². The first-order valence-electron chi connectivity index (χ1n) is 7.37. The predicted molar refractivity (Wildman–Crippen MR) is 78.3 cm³/mol. The molecule has 106 valence electrons. The summed E-state index contributed by atoms with van der Waals surface area (Å²) in [6.07, 6.45) is 9.05. The lowest BCUT2D eigenvalue weighted by Gasteiger charge is -2.40. The van der Waals surface area contributed by atoms with Crippen LogP contribution in [0.25, 0.3) is 0 Å². The van der Waals surface area contributed by atoms with Gasteiger partial charge in [-0.2, -0.15) is 0 Å². The van der Waals surface area contributed by atoms with Gasteiger partial charge in [0.25, 0.3) is 0 Å². The highest BCUT2D eigenvalue weighted by molar-refractivity contribution is 5.24. The largest absolute Gasteiger partial charge is 0.383 e. The minimum Gasteiger partial charge on any atom is -0.383 e. The second-order valence-electron chi connectivity index (χ2n) is 5.87. The molecule has 1 fully saturated rings. The Balaban J connectivity index is 2.05. The molecule has 0 amide bonds. The highest BCUT2D eigenvalue weighted by atomic mass is 16.5. The standard InChI is InChI=1S/C16H26N2O/c1-14-3-7-16(8-4-14,13-18-11-12-19-2)15-5-9-17-10-6-15/h5-6,9-10,14,18H,3-4,7-8,11-13H2,1-2H3. The highest BCUT2D eigenvalue weighted by Gasteiger charge is 2.35. The normalized spacial score (nSPS) is 27.4. The van der Waals surface area contributed by atoms with Crippen LogP contribution in [0.5, 0.6) is 0 Å². The summed E-state index contributed by atoms with van der Waals surface area (Å²) in [6.45, 7) is 5.13. The lowest BCUT2D eigenvalue weighted by Crippen LogP contribution is -2.42. The number of methoxy groups -OCH3 is 1. The van der Waals surface area contributed by atoms with Crippen LogP contribution in [-0.2, 0) is 10.2 Å². The van der Waals surface area contributed by atoms with Gasteiger partial charge >= 0.3 is 0 Å². The lowest BCUT2D eigenvalue weighted by atomic mass is 9.67. The highest BCUT2D eigenvalue weighted by Crippen LogP contribution is 2.40. The first-order chi connectivity index (χ1) is 9.27. The minimum absolute atomic E-state index is 0.295. The zero-order valence-electron chi connectivity index (χ0n) is 12.2. The molecule has 2 rings (SSSR count). The fourth-order valence-electron chi connectivity index (χ4n) is 3.09. The second-order valence-corrected chi connectivity index (χ2v) is 5.87. The van der Waals surface area contributed by atoms with Crippen LogP contribution in [0, 0.1) is 5.92 Å². The third-order valence-corrected chi connectivity index (χ3v) is 4.47. The number of ether oxygens (including phenoxy) is 1. The summed E-state index contributed by atoms with van der Waals surface area (Å²) in [6, 6.07) is 4.38. The summed E-state index contributed by atoms with van der Waals surface area (Å²) in [5.74, 6) is 0.869. The molecule has 0 bridgehead atoms. The van der Waals surface area contributed by atoms with Crippen molar-refractivity contribution in [2.75, 3.05) is 26.8 Å². The molecule has 1 aromatic rings. The van der Waals surface area contributed by atoms with Gasteiger partial charge in [-0.1, -0.05) is 6.92 Å². The number of aromatic nitrogens is 1. The predicted octanol–water partition coefficient (Wildman–Crippen LogP) is 2.77. The summed E-state index contributed by atoms with van der Waals surface area (Å²) < 4.78 is 5.11. The molecule has 0 aliphatic heterocycles. The molecule has 0 saturated heterocycles. The van der Waals surface area contributed by atoms with Crippen molar-refractivity contribution in [2.45, 2.75) is 38.0 Å². The molecule has 0 atom stereocenters. The van der Waals surface area contributed by atoms with Crippen LogP contribution in [0.15, 0.2) is 24.5 Å². The number of rotatable bonds is 6. The van der Waals surface area contributed by atoms with Gasteiger partial charge in [0.05, 0.1) is 6.61 Å². The minimum atomic E-state index is 0.295. The van der Waals surface area contributed by atoms with Crippen molar-refractivity contribution in [2.24, 2.45) is 5.92 Å². The Morgan fingerprint density at radius 1 is 1.32 bits per heavy atom. The molecule has 0 unspecified atom stereocenters. The van der Waals surface area contributed by atoms with Crippen molar-refractivity contribution in [3.8, 4) is 0 Å². The van der Waals surface area contributed by atoms with E-state index in [1.165, 1.54) is 31.2 Å². The van der Waals surface area contributed by atoms with E-state index in [2.05, 4.69) is 29.4 Å². The average molecular weight is 262 g/mol. The first-order valence-corrected chi connectivity index (χ1v) is 7.37. The molecule has 0 aromatic carbocycles. The van der Waals surface area contributed by atoms with Crippen LogP contribution in [-0.4, -0.2) is 31.8 Å². The Bertz CT molecular complexity index is 358. The van der Waals surface area contributed by atoms with Crippen LogP contribution in [0.2, 0.25) is 0 Å². The molecule has 1 aliphatic rings. The van der Waals surface area contributed by atoms with E-state index in [1.54, 1.807) is 7.11 Å². The lowest BCUT2D eigenvalue weighted by molar-refractivity contribution is 0.187. The maximum atomic E-state index is 5.11. The summed E-state index contributed by atoms with van der Waals surface area (Å²) >= 11 is 0. The Labute approximate surface area is 116 Å². The van der Waals surface area contributed by atoms with E-state index in [4.69, 9.17) is 4.74 Å². The summed E-state index contributed by atoms with van der Waals surface area (Å²) in [5.41, 5.74) is 1.74. The number of nitrogens with one attached hydrogen (secondary N) is 1. The van der Waals surface area contributed by atoms with E-state index in [0.29, 0.717) is 5.41 Å². The summed E-state index contributed by atoms with van der Waals surface area (Å²) in [4.78, 5) is 4.16. The maximum Gasteiger partial charge on any atom is 0.0587 e. The molecule has 0 radical (unpaired) electrons. The molecule has 1 heterocycles. The van der Waals surface area contributed by atoms with E-state index in [1.807, 2.05) is 12.4 Å². The van der Waals surface area contributed by atoms with Gasteiger partial charge in [0.15, 0.2) is 0 Å². The van der Waals surface area contributed by atoms with Crippen LogP contribution in [0.4, 0.5) is 0 Å². The molecule has 1 aliphatic carbocycles. The Hall–Kier alpha value is -0.930. The van der Waals surface area contributed by atoms with Gasteiger partial charge in [0.2, 0.25) is 0 Å². The monoisotopic (exact) mass is 262 g/mol. The Morgan fingerprint density at radius 2 is 2.00 bits per heavy atom. The fraction of sp³-hybridized carbons (Fsp3) is 0.688. The van der Waals surface area contributed by atoms with Crippen molar-refractivity contribution in [3.63, 3.8) is 0 Å². The van der Waals surface area contributed by atoms with Crippen molar-refractivity contribution in [1.82, 2.24) is 10.3 Å². The van der Waals surface area contributed by atoms with Gasteiger partial charge < -0.3 is 10.1 Å². The number of hydrogen-bond acceptors (Lipinski definition) is 3. The zero-order valence-corrected chi connectivity index (χ0v) is 12.2. The van der Waals surface area contributed by atoms with Crippen LogP contribution in [0.1, 0.15) is 38.2 Å². The Morgan fingerprint density at radius 3 is 2.63 bits per heavy atom. The third-order valence-electron chi connectivity index (χ3n) is 4.47.